The molecule has 0 saturated carbocycles. The van der Waals surface area contributed by atoms with Crippen molar-refractivity contribution in [3.63, 3.8) is 0 Å². The second-order valence-electron chi connectivity index (χ2n) is 25.2. The van der Waals surface area contributed by atoms with E-state index in [0.717, 1.165) is 116 Å². The van der Waals surface area contributed by atoms with Crippen LogP contribution in [0, 0.1) is 0 Å². The summed E-state index contributed by atoms with van der Waals surface area (Å²) in [5.41, 5.74) is 0. The smallest absolute Gasteiger partial charge is 0.462 e. The number of hydrogen-bond donors (Lipinski definition) is 1. The molecule has 0 fully saturated rings. The number of phosphoric ester groups is 1. The number of likely N-dealkylation sites (N-methyl/N-ethyl adjacent to an activating group) is 1. The number of phosphoric acid groups is 1. The lowest BCUT2D eigenvalue weighted by molar-refractivity contribution is -0.870. The van der Waals surface area contributed by atoms with E-state index in [1.807, 2.05) is 21.1 Å². The van der Waals surface area contributed by atoms with Crippen molar-refractivity contribution in [1.82, 2.24) is 0 Å². The molecule has 2 atom stereocenters. The first kappa shape index (κ1) is 85.9. The summed E-state index contributed by atoms with van der Waals surface area (Å²) < 4.78 is 34.7. The molecule has 0 saturated heterocycles. The number of quaternary nitrogens is 1. The number of esters is 2. The average molecular weight is 1270 g/mol. The van der Waals surface area contributed by atoms with Gasteiger partial charge in [0, 0.05) is 12.8 Å². The van der Waals surface area contributed by atoms with Gasteiger partial charge in [0.15, 0.2) is 6.10 Å². The maximum absolute atomic E-state index is 12.9. The van der Waals surface area contributed by atoms with E-state index in [1.54, 1.807) is 0 Å². The standard InChI is InChI=1S/C80H136NO8P/c1-6-8-10-12-14-16-18-20-22-24-26-28-30-32-34-35-36-37-38-39-40-41-42-43-44-45-47-49-51-53-55-57-59-61-63-65-67-69-71-73-80(83)89-78(77-88-90(84,85)87-75-74-81(3,4)5)76-86-79(82)72-70-68-66-64-62-60-58-56-54-52-50-48-46-33-31-29-27-25-23-21-19-17-15-13-11-9-7-2/h8,10,14,16,19-22,25-28,31-34,36-37,39-40,42-43,45,47,78H,6-7,9,11-13,15,17-18,23-24,29-30,35,38,41,44,46,48-77H2,1-5H3/p+1/b10-8-,16-14-,21-19-,22-20-,27-25-,28-26-,33-31-,34-32-,37-36-,40-39-,43-42-,47-45-. The van der Waals surface area contributed by atoms with Gasteiger partial charge in [0.1, 0.15) is 19.8 Å². The lowest BCUT2D eigenvalue weighted by atomic mass is 10.0. The predicted molar refractivity (Wildman–Crippen MR) is 390 cm³/mol. The highest BCUT2D eigenvalue weighted by Gasteiger charge is 2.27. The number of ether oxygens (including phenoxy) is 2. The van der Waals surface area contributed by atoms with Crippen molar-refractivity contribution in [2.45, 2.75) is 302 Å². The van der Waals surface area contributed by atoms with E-state index in [2.05, 4.69) is 160 Å². The van der Waals surface area contributed by atoms with Crippen LogP contribution < -0.4 is 0 Å². The number of hydrogen-bond acceptors (Lipinski definition) is 7. The molecule has 0 aliphatic rings. The Morgan fingerprint density at radius 3 is 0.944 bits per heavy atom. The van der Waals surface area contributed by atoms with Crippen LogP contribution in [0.25, 0.3) is 0 Å². The summed E-state index contributed by atoms with van der Waals surface area (Å²) in [7, 11) is 1.46. The van der Waals surface area contributed by atoms with Crippen LogP contribution in [0.3, 0.4) is 0 Å². The minimum atomic E-state index is -4.40. The monoisotopic (exact) mass is 1270 g/mol. The van der Waals surface area contributed by atoms with E-state index in [9.17, 15) is 19.0 Å². The van der Waals surface area contributed by atoms with Gasteiger partial charge in [-0.15, -0.1) is 0 Å². The largest absolute Gasteiger partial charge is 0.472 e. The molecule has 1 N–H and O–H groups in total. The second kappa shape index (κ2) is 69.2. The molecule has 2 unspecified atom stereocenters. The summed E-state index contributed by atoms with van der Waals surface area (Å²) in [5.74, 6) is -0.804. The lowest BCUT2D eigenvalue weighted by Gasteiger charge is -2.24. The molecule has 0 bridgehead atoms. The number of rotatable bonds is 66. The molecule has 0 radical (unpaired) electrons. The first-order valence-electron chi connectivity index (χ1n) is 36.6. The summed E-state index contributed by atoms with van der Waals surface area (Å²) in [6.45, 7) is 4.31. The molecule has 10 heteroatoms. The first-order chi connectivity index (χ1) is 44.0. The van der Waals surface area contributed by atoms with Crippen molar-refractivity contribution >= 4 is 19.8 Å². The van der Waals surface area contributed by atoms with Gasteiger partial charge in [-0.1, -0.05) is 307 Å². The third-order valence-corrected chi connectivity index (χ3v) is 16.3. The van der Waals surface area contributed by atoms with Crippen molar-refractivity contribution in [3.8, 4) is 0 Å². The van der Waals surface area contributed by atoms with Crippen LogP contribution in [-0.4, -0.2) is 74.9 Å². The Labute approximate surface area is 554 Å². The van der Waals surface area contributed by atoms with Crippen LogP contribution in [0.4, 0.5) is 0 Å². The number of allylic oxidation sites excluding steroid dienone is 24. The van der Waals surface area contributed by atoms with Gasteiger partial charge in [-0.05, 0) is 122 Å². The van der Waals surface area contributed by atoms with E-state index in [1.165, 1.54) is 148 Å². The maximum atomic E-state index is 12.9. The van der Waals surface area contributed by atoms with E-state index in [-0.39, 0.29) is 32.0 Å². The van der Waals surface area contributed by atoms with Crippen molar-refractivity contribution in [2.24, 2.45) is 0 Å². The fourth-order valence-electron chi connectivity index (χ4n) is 9.78. The van der Waals surface area contributed by atoms with Crippen molar-refractivity contribution in [1.29, 1.82) is 0 Å². The second-order valence-corrected chi connectivity index (χ2v) is 26.7. The van der Waals surface area contributed by atoms with E-state index in [0.29, 0.717) is 17.4 Å². The molecule has 0 rings (SSSR count). The highest BCUT2D eigenvalue weighted by Crippen LogP contribution is 2.43. The molecule has 0 aromatic heterocycles. The van der Waals surface area contributed by atoms with Gasteiger partial charge in [-0.25, -0.2) is 4.57 Å². The molecule has 0 spiro atoms. The molecular formula is C80H137NO8P+. The zero-order valence-electron chi connectivity index (χ0n) is 58.6. The Bertz CT molecular complexity index is 2030. The Morgan fingerprint density at radius 1 is 0.356 bits per heavy atom. The van der Waals surface area contributed by atoms with Gasteiger partial charge in [0.05, 0.1) is 27.7 Å². The van der Waals surface area contributed by atoms with Crippen LogP contribution in [-0.2, 0) is 32.7 Å². The van der Waals surface area contributed by atoms with Crippen LogP contribution in [0.5, 0.6) is 0 Å². The number of unbranched alkanes of at least 4 members (excludes halogenated alkanes) is 28. The normalized spacial score (nSPS) is 14.0. The van der Waals surface area contributed by atoms with Crippen LogP contribution >= 0.6 is 7.82 Å². The summed E-state index contributed by atoms with van der Waals surface area (Å²) in [6, 6.07) is 0. The van der Waals surface area contributed by atoms with Gasteiger partial charge < -0.3 is 18.9 Å². The molecule has 0 aromatic carbocycles. The molecule has 0 heterocycles. The molecule has 0 aliphatic carbocycles. The van der Waals surface area contributed by atoms with Crippen LogP contribution in [0.2, 0.25) is 0 Å². The maximum Gasteiger partial charge on any atom is 0.472 e. The Kier molecular flexibility index (Phi) is 66.1. The third kappa shape index (κ3) is 72.9. The minimum absolute atomic E-state index is 0.0249. The van der Waals surface area contributed by atoms with Crippen LogP contribution in [0.1, 0.15) is 296 Å². The average Bonchev–Trinajstić information content (AvgIpc) is 3.58. The van der Waals surface area contributed by atoms with Crippen LogP contribution in [0.15, 0.2) is 146 Å². The Balaban J connectivity index is 4.08. The summed E-state index contributed by atoms with van der Waals surface area (Å²) in [6.07, 6.45) is 102. The summed E-state index contributed by atoms with van der Waals surface area (Å²) >= 11 is 0. The molecule has 0 aliphatic heterocycles. The Hall–Kier alpha value is -4.11. The molecular weight excluding hydrogens is 1130 g/mol. The predicted octanol–water partition coefficient (Wildman–Crippen LogP) is 24.2. The van der Waals surface area contributed by atoms with Gasteiger partial charge in [0.2, 0.25) is 0 Å². The SMILES string of the molecule is CC/C=C\C/C=C\C/C=C\C/C=C\C/C=C\C/C=C\C/C=C\C/C=C\C/C=C\CCCCCCCCCCCCCC(=O)OC(COC(=O)CCCCCCCCCCCCCC/C=C\C/C=C\C/C=C\CCCCCCC)COP(=O)(O)OCC[N+](C)(C)C. The zero-order valence-corrected chi connectivity index (χ0v) is 59.5. The quantitative estimate of drug-likeness (QED) is 0.0211. The fraction of sp³-hybridized carbons (Fsp3) is 0.675. The number of carbonyl (C=O) groups is 2. The fourth-order valence-corrected chi connectivity index (χ4v) is 10.5. The van der Waals surface area contributed by atoms with Gasteiger partial charge in [0.25, 0.3) is 0 Å². The molecule has 514 valence electrons. The first-order valence-corrected chi connectivity index (χ1v) is 38.1. The highest BCUT2D eigenvalue weighted by molar-refractivity contribution is 7.47. The summed E-state index contributed by atoms with van der Waals surface area (Å²) in [5, 5.41) is 0. The van der Waals surface area contributed by atoms with E-state index in [4.69, 9.17) is 18.5 Å². The molecule has 90 heavy (non-hydrogen) atoms. The van der Waals surface area contributed by atoms with Crippen molar-refractivity contribution < 1.29 is 42.1 Å². The zero-order chi connectivity index (χ0) is 65.5. The lowest BCUT2D eigenvalue weighted by Crippen LogP contribution is -2.37. The van der Waals surface area contributed by atoms with E-state index >= 15 is 0 Å². The van der Waals surface area contributed by atoms with E-state index < -0.39 is 26.5 Å². The summed E-state index contributed by atoms with van der Waals surface area (Å²) in [4.78, 5) is 35.9. The van der Waals surface area contributed by atoms with Gasteiger partial charge in [-0.3, -0.25) is 18.6 Å². The van der Waals surface area contributed by atoms with Gasteiger partial charge >= 0.3 is 19.8 Å². The Morgan fingerprint density at radius 2 is 0.633 bits per heavy atom. The topological polar surface area (TPSA) is 108 Å². The number of carbonyl (C=O) groups excluding carboxylic acids is 2. The minimum Gasteiger partial charge on any atom is -0.462 e. The third-order valence-electron chi connectivity index (χ3n) is 15.4. The van der Waals surface area contributed by atoms with Crippen molar-refractivity contribution in [2.75, 3.05) is 47.5 Å². The van der Waals surface area contributed by atoms with Crippen molar-refractivity contribution in [3.05, 3.63) is 146 Å². The molecule has 9 nitrogen and oxygen atoms in total. The highest BCUT2D eigenvalue weighted by atomic mass is 31.2. The molecule has 0 aromatic rings. The molecule has 0 amide bonds. The van der Waals surface area contributed by atoms with Gasteiger partial charge in [-0.2, -0.15) is 0 Å². The number of nitrogens with zero attached hydrogens (tertiary/aromatic N) is 1.